The molecule has 0 saturated carbocycles. The molecule has 2 heterocycles. The smallest absolute Gasteiger partial charge is 0.0275 e. The molecule has 0 unspecified atom stereocenters. The molecule has 2 aliphatic heterocycles. The van der Waals surface area contributed by atoms with Crippen LogP contribution < -0.4 is 10.6 Å². The van der Waals surface area contributed by atoms with Crippen LogP contribution in [0.5, 0.6) is 0 Å². The fraction of sp³-hybridized carbons (Fsp3) is 1.00. The lowest BCUT2D eigenvalue weighted by molar-refractivity contribution is 0.123. The van der Waals surface area contributed by atoms with Gasteiger partial charge in [-0.05, 0) is 41.8 Å². The summed E-state index contributed by atoms with van der Waals surface area (Å²) in [6.07, 6.45) is 0. The second-order valence-electron chi connectivity index (χ2n) is 6.96. The van der Waals surface area contributed by atoms with Crippen molar-refractivity contribution in [3.8, 4) is 0 Å². The monoisotopic (exact) mass is 316 g/mol. The van der Waals surface area contributed by atoms with E-state index < -0.39 is 0 Å². The highest BCUT2D eigenvalue weighted by atomic mass is 15.2. The molecular weight excluding hydrogens is 272 g/mol. The molecule has 2 rings (SSSR count). The molecule has 2 saturated heterocycles. The van der Waals surface area contributed by atoms with Gasteiger partial charge in [-0.1, -0.05) is 27.7 Å². The summed E-state index contributed by atoms with van der Waals surface area (Å²) in [5.74, 6) is 0. The highest BCUT2D eigenvalue weighted by molar-refractivity contribution is 4.86. The van der Waals surface area contributed by atoms with Crippen molar-refractivity contribution in [2.24, 2.45) is 0 Å². The van der Waals surface area contributed by atoms with E-state index >= 15 is 0 Å². The maximum absolute atomic E-state index is 3.45. The highest BCUT2D eigenvalue weighted by Gasteiger charge is 2.25. The molecule has 2 aliphatic rings. The zero-order valence-corrected chi connectivity index (χ0v) is 17.1. The molecule has 0 aromatic rings. The summed E-state index contributed by atoms with van der Waals surface area (Å²) in [6.45, 7) is 23.9. The van der Waals surface area contributed by atoms with Gasteiger partial charge in [0.2, 0.25) is 0 Å². The van der Waals surface area contributed by atoms with Crippen LogP contribution in [0.15, 0.2) is 0 Å². The molecule has 0 amide bonds. The first-order chi connectivity index (χ1) is 10.2. The summed E-state index contributed by atoms with van der Waals surface area (Å²) >= 11 is 0. The van der Waals surface area contributed by atoms with Crippen molar-refractivity contribution in [1.29, 1.82) is 0 Å². The van der Waals surface area contributed by atoms with E-state index in [1.807, 2.05) is 27.7 Å². The first kappa shape index (κ1) is 24.1. The standard InChI is InChI=1S/2C7H16N2.2C2H6/c1-7(2)6-9(3)5-4-8-7;1-7(2)6-8-4-5-9(7)3;2*1-2/h2*8H,4-6H2,1-3H3;2*1-2H3. The van der Waals surface area contributed by atoms with Crippen LogP contribution in [0.2, 0.25) is 0 Å². The lowest BCUT2D eigenvalue weighted by atomic mass is 10.0. The number of piperazine rings is 2. The van der Waals surface area contributed by atoms with Gasteiger partial charge >= 0.3 is 0 Å². The molecule has 2 N–H and O–H groups in total. The average Bonchev–Trinajstić information content (AvgIpc) is 2.46. The summed E-state index contributed by atoms with van der Waals surface area (Å²) in [5.41, 5.74) is 0.686. The van der Waals surface area contributed by atoms with Crippen LogP contribution in [0.4, 0.5) is 0 Å². The Morgan fingerprint density at radius 3 is 1.64 bits per heavy atom. The average molecular weight is 317 g/mol. The molecule has 0 radical (unpaired) electrons. The first-order valence-corrected chi connectivity index (χ1v) is 9.08. The molecule has 4 nitrogen and oxygen atoms in total. The Balaban J connectivity index is 0. The van der Waals surface area contributed by atoms with Crippen molar-refractivity contribution >= 4 is 0 Å². The molecule has 4 heteroatoms. The fourth-order valence-electron chi connectivity index (χ4n) is 2.47. The zero-order valence-electron chi connectivity index (χ0n) is 17.1. The van der Waals surface area contributed by atoms with Crippen molar-refractivity contribution in [3.63, 3.8) is 0 Å². The van der Waals surface area contributed by atoms with Crippen LogP contribution in [0, 0.1) is 0 Å². The Hall–Kier alpha value is -0.160. The normalized spacial score (nSPS) is 23.7. The molecule has 136 valence electrons. The minimum atomic E-state index is 0.326. The van der Waals surface area contributed by atoms with Crippen molar-refractivity contribution in [3.05, 3.63) is 0 Å². The molecule has 0 atom stereocenters. The van der Waals surface area contributed by atoms with Crippen LogP contribution in [-0.2, 0) is 0 Å². The van der Waals surface area contributed by atoms with E-state index in [9.17, 15) is 0 Å². The molecule has 0 aliphatic carbocycles. The summed E-state index contributed by atoms with van der Waals surface area (Å²) in [4.78, 5) is 4.75. The van der Waals surface area contributed by atoms with E-state index in [2.05, 4.69) is 62.2 Å². The van der Waals surface area contributed by atoms with Crippen LogP contribution in [0.1, 0.15) is 55.4 Å². The number of rotatable bonds is 0. The number of hydrogen-bond donors (Lipinski definition) is 2. The lowest BCUT2D eigenvalue weighted by Crippen LogP contribution is -2.55. The van der Waals surface area contributed by atoms with Crippen molar-refractivity contribution in [1.82, 2.24) is 20.4 Å². The van der Waals surface area contributed by atoms with Crippen molar-refractivity contribution < 1.29 is 0 Å². The SMILES string of the molecule is CC.CC.CN1CCNC(C)(C)C1.CN1CCNCC1(C)C. The van der Waals surface area contributed by atoms with Crippen LogP contribution in [-0.4, -0.2) is 74.2 Å². The van der Waals surface area contributed by atoms with E-state index in [-0.39, 0.29) is 0 Å². The van der Waals surface area contributed by atoms with Gasteiger partial charge in [-0.15, -0.1) is 0 Å². The predicted molar refractivity (Wildman–Crippen MR) is 102 cm³/mol. The Bertz CT molecular complexity index is 251. The minimum absolute atomic E-state index is 0.326. The Kier molecular flexibility index (Phi) is 13.5. The number of nitrogens with one attached hydrogen (secondary N) is 2. The van der Waals surface area contributed by atoms with Crippen molar-refractivity contribution in [2.45, 2.75) is 66.5 Å². The quantitative estimate of drug-likeness (QED) is 0.719. The summed E-state index contributed by atoms with van der Waals surface area (Å²) in [6, 6.07) is 0. The fourth-order valence-corrected chi connectivity index (χ4v) is 2.47. The van der Waals surface area contributed by atoms with Gasteiger partial charge in [0.15, 0.2) is 0 Å². The first-order valence-electron chi connectivity index (χ1n) is 9.08. The molecule has 0 bridgehead atoms. The van der Waals surface area contributed by atoms with Gasteiger partial charge in [0, 0.05) is 50.3 Å². The second-order valence-corrected chi connectivity index (χ2v) is 6.96. The van der Waals surface area contributed by atoms with E-state index in [4.69, 9.17) is 0 Å². The molecule has 2 fully saturated rings. The van der Waals surface area contributed by atoms with Gasteiger partial charge in [-0.3, -0.25) is 4.90 Å². The van der Waals surface area contributed by atoms with Crippen molar-refractivity contribution in [2.75, 3.05) is 53.4 Å². The summed E-state index contributed by atoms with van der Waals surface area (Å²) in [5, 5.41) is 6.81. The largest absolute Gasteiger partial charge is 0.314 e. The van der Waals surface area contributed by atoms with E-state index in [0.29, 0.717) is 11.1 Å². The van der Waals surface area contributed by atoms with Gasteiger partial charge in [0.1, 0.15) is 0 Å². The topological polar surface area (TPSA) is 30.5 Å². The van der Waals surface area contributed by atoms with Gasteiger partial charge in [-0.2, -0.15) is 0 Å². The molecule has 0 spiro atoms. The van der Waals surface area contributed by atoms with Crippen LogP contribution >= 0.6 is 0 Å². The van der Waals surface area contributed by atoms with Gasteiger partial charge in [-0.25, -0.2) is 0 Å². The third-order valence-corrected chi connectivity index (χ3v) is 3.98. The summed E-state index contributed by atoms with van der Waals surface area (Å²) in [7, 11) is 4.35. The highest BCUT2D eigenvalue weighted by Crippen LogP contribution is 2.12. The third-order valence-electron chi connectivity index (χ3n) is 3.98. The second kappa shape index (κ2) is 12.3. The number of likely N-dealkylation sites (N-methyl/N-ethyl adjacent to an activating group) is 2. The van der Waals surface area contributed by atoms with Crippen LogP contribution in [0.3, 0.4) is 0 Å². The van der Waals surface area contributed by atoms with E-state index in [1.165, 1.54) is 13.1 Å². The van der Waals surface area contributed by atoms with Crippen LogP contribution in [0.25, 0.3) is 0 Å². The maximum atomic E-state index is 3.45. The van der Waals surface area contributed by atoms with Gasteiger partial charge in [0.25, 0.3) is 0 Å². The predicted octanol–water partition coefficient (Wildman–Crippen LogP) is 2.65. The molecular formula is C18H44N4. The number of nitrogens with zero attached hydrogens (tertiary/aromatic N) is 2. The van der Waals surface area contributed by atoms with Gasteiger partial charge in [0.05, 0.1) is 0 Å². The Morgan fingerprint density at radius 1 is 0.818 bits per heavy atom. The zero-order chi connectivity index (χ0) is 17.8. The summed E-state index contributed by atoms with van der Waals surface area (Å²) < 4.78 is 0. The number of hydrogen-bond acceptors (Lipinski definition) is 4. The molecule has 0 aromatic carbocycles. The minimum Gasteiger partial charge on any atom is -0.314 e. The Morgan fingerprint density at radius 2 is 1.36 bits per heavy atom. The molecule has 0 aromatic heterocycles. The van der Waals surface area contributed by atoms with E-state index in [1.54, 1.807) is 0 Å². The molecule has 22 heavy (non-hydrogen) atoms. The third kappa shape index (κ3) is 10.5. The van der Waals surface area contributed by atoms with E-state index in [0.717, 1.165) is 26.2 Å². The lowest BCUT2D eigenvalue weighted by Gasteiger charge is -2.40. The Labute approximate surface area is 141 Å². The van der Waals surface area contributed by atoms with Gasteiger partial charge < -0.3 is 15.5 Å². The maximum Gasteiger partial charge on any atom is 0.0275 e.